The summed E-state index contributed by atoms with van der Waals surface area (Å²) in [7, 11) is -3.28. The SMILES string of the molecule is CCC(C)CNc1snc(N)c1S(=O)(=O)C1CC1. The zero-order valence-electron chi connectivity index (χ0n) is 10.6. The molecular formula is C11H19N3O2S2. The van der Waals surface area contributed by atoms with Crippen molar-refractivity contribution < 1.29 is 8.42 Å². The van der Waals surface area contributed by atoms with E-state index in [1.165, 1.54) is 0 Å². The molecule has 102 valence electrons. The summed E-state index contributed by atoms with van der Waals surface area (Å²) in [6.45, 7) is 4.97. The van der Waals surface area contributed by atoms with Gasteiger partial charge < -0.3 is 11.1 Å². The monoisotopic (exact) mass is 289 g/mol. The molecule has 1 saturated carbocycles. The van der Waals surface area contributed by atoms with Gasteiger partial charge in [0.2, 0.25) is 0 Å². The first-order valence-corrected chi connectivity index (χ1v) is 8.51. The summed E-state index contributed by atoms with van der Waals surface area (Å²) in [4.78, 5) is 0.221. The summed E-state index contributed by atoms with van der Waals surface area (Å²) in [5.41, 5.74) is 5.71. The molecular weight excluding hydrogens is 270 g/mol. The quantitative estimate of drug-likeness (QED) is 0.838. The molecule has 0 saturated heterocycles. The van der Waals surface area contributed by atoms with Crippen molar-refractivity contribution in [1.29, 1.82) is 0 Å². The Balaban J connectivity index is 2.22. The van der Waals surface area contributed by atoms with Gasteiger partial charge in [-0.2, -0.15) is 4.37 Å². The van der Waals surface area contributed by atoms with Gasteiger partial charge in [-0.25, -0.2) is 8.42 Å². The molecule has 0 aromatic carbocycles. The van der Waals surface area contributed by atoms with Gasteiger partial charge in [-0.05, 0) is 30.3 Å². The fourth-order valence-corrected chi connectivity index (χ4v) is 4.53. The smallest absolute Gasteiger partial charge is 0.187 e. The number of nitrogens with one attached hydrogen (secondary N) is 1. The normalized spacial score (nSPS) is 17.7. The van der Waals surface area contributed by atoms with Gasteiger partial charge in [-0.1, -0.05) is 20.3 Å². The number of nitrogens with two attached hydrogens (primary N) is 1. The Morgan fingerprint density at radius 1 is 1.56 bits per heavy atom. The second-order valence-corrected chi connectivity index (χ2v) is 7.80. The minimum Gasteiger partial charge on any atom is -0.382 e. The van der Waals surface area contributed by atoms with Crippen molar-refractivity contribution >= 4 is 32.2 Å². The van der Waals surface area contributed by atoms with Crippen LogP contribution in [0.3, 0.4) is 0 Å². The highest BCUT2D eigenvalue weighted by Gasteiger charge is 2.40. The molecule has 1 aromatic rings. The first-order chi connectivity index (χ1) is 8.46. The van der Waals surface area contributed by atoms with E-state index in [1.807, 2.05) is 0 Å². The van der Waals surface area contributed by atoms with Crippen LogP contribution in [0.1, 0.15) is 33.1 Å². The lowest BCUT2D eigenvalue weighted by Crippen LogP contribution is -2.14. The molecule has 1 heterocycles. The number of aromatic nitrogens is 1. The zero-order chi connectivity index (χ0) is 13.3. The van der Waals surface area contributed by atoms with Crippen LogP contribution in [-0.2, 0) is 9.84 Å². The van der Waals surface area contributed by atoms with Crippen molar-refractivity contribution in [2.45, 2.75) is 43.3 Å². The van der Waals surface area contributed by atoms with Crippen LogP contribution in [0, 0.1) is 5.92 Å². The Kier molecular flexibility index (Phi) is 3.82. The van der Waals surface area contributed by atoms with Crippen molar-refractivity contribution in [3.8, 4) is 0 Å². The summed E-state index contributed by atoms with van der Waals surface area (Å²) >= 11 is 1.14. The van der Waals surface area contributed by atoms with Gasteiger partial charge in [0.25, 0.3) is 0 Å². The lowest BCUT2D eigenvalue weighted by atomic mass is 10.1. The molecule has 0 aliphatic heterocycles. The summed E-state index contributed by atoms with van der Waals surface area (Å²) in [6.07, 6.45) is 2.52. The molecule has 0 bridgehead atoms. The molecule has 1 aliphatic rings. The van der Waals surface area contributed by atoms with Gasteiger partial charge in [-0.3, -0.25) is 0 Å². The number of sulfone groups is 1. The van der Waals surface area contributed by atoms with Gasteiger partial charge in [0.1, 0.15) is 9.90 Å². The van der Waals surface area contributed by atoms with Crippen LogP contribution in [0.2, 0.25) is 0 Å². The van der Waals surface area contributed by atoms with Crippen molar-refractivity contribution in [1.82, 2.24) is 4.37 Å². The lowest BCUT2D eigenvalue weighted by molar-refractivity contribution is 0.589. The molecule has 2 rings (SSSR count). The first-order valence-electron chi connectivity index (χ1n) is 6.19. The molecule has 1 aliphatic carbocycles. The molecule has 1 fully saturated rings. The highest BCUT2D eigenvalue weighted by atomic mass is 32.2. The van der Waals surface area contributed by atoms with Gasteiger partial charge in [-0.15, -0.1) is 0 Å². The summed E-state index contributed by atoms with van der Waals surface area (Å²) < 4.78 is 28.5. The fraction of sp³-hybridized carbons (Fsp3) is 0.727. The van der Waals surface area contributed by atoms with Crippen LogP contribution in [-0.4, -0.2) is 24.6 Å². The predicted octanol–water partition coefficient (Wildman–Crippen LogP) is 2.12. The summed E-state index contributed by atoms with van der Waals surface area (Å²) in [6, 6.07) is 0. The number of rotatable bonds is 6. The Morgan fingerprint density at radius 3 is 2.78 bits per heavy atom. The third kappa shape index (κ3) is 2.61. The first kappa shape index (κ1) is 13.6. The Bertz CT molecular complexity index is 520. The van der Waals surface area contributed by atoms with E-state index < -0.39 is 9.84 Å². The zero-order valence-corrected chi connectivity index (χ0v) is 12.3. The van der Waals surface area contributed by atoms with Crippen LogP contribution < -0.4 is 11.1 Å². The minimum absolute atomic E-state index is 0.138. The molecule has 18 heavy (non-hydrogen) atoms. The van der Waals surface area contributed by atoms with Crippen molar-refractivity contribution in [2.24, 2.45) is 5.92 Å². The molecule has 0 amide bonds. The molecule has 0 radical (unpaired) electrons. The number of nitrogens with zero attached hydrogens (tertiary/aromatic N) is 1. The van der Waals surface area contributed by atoms with E-state index in [-0.39, 0.29) is 16.0 Å². The second-order valence-electron chi connectivity index (χ2n) is 4.86. The molecule has 3 N–H and O–H groups in total. The van der Waals surface area contributed by atoms with E-state index in [0.717, 1.165) is 37.3 Å². The van der Waals surface area contributed by atoms with E-state index in [9.17, 15) is 8.42 Å². The fourth-order valence-electron chi connectivity index (χ4n) is 1.64. The van der Waals surface area contributed by atoms with E-state index in [1.54, 1.807) is 0 Å². The van der Waals surface area contributed by atoms with Gasteiger partial charge in [0.15, 0.2) is 15.7 Å². The topological polar surface area (TPSA) is 85.1 Å². The average Bonchev–Trinajstić information content (AvgIpc) is 3.11. The van der Waals surface area contributed by atoms with E-state index in [0.29, 0.717) is 10.9 Å². The van der Waals surface area contributed by atoms with Crippen molar-refractivity contribution in [3.63, 3.8) is 0 Å². The number of nitrogen functional groups attached to an aromatic ring is 1. The number of hydrogen-bond acceptors (Lipinski definition) is 6. The van der Waals surface area contributed by atoms with Gasteiger partial charge >= 0.3 is 0 Å². The van der Waals surface area contributed by atoms with Gasteiger partial charge in [0, 0.05) is 6.54 Å². The van der Waals surface area contributed by atoms with E-state index in [2.05, 4.69) is 23.5 Å². The standard InChI is InChI=1S/C11H19N3O2S2/c1-3-7(2)6-13-11-9(10(12)14-17-11)18(15,16)8-4-5-8/h7-8,13H,3-6H2,1-2H3,(H2,12,14). The van der Waals surface area contributed by atoms with E-state index in [4.69, 9.17) is 5.73 Å². The Labute approximate surface area is 112 Å². The van der Waals surface area contributed by atoms with E-state index >= 15 is 0 Å². The Morgan fingerprint density at radius 2 is 2.22 bits per heavy atom. The minimum atomic E-state index is -3.28. The highest BCUT2D eigenvalue weighted by Crippen LogP contribution is 2.40. The third-order valence-corrected chi connectivity index (χ3v) is 6.51. The van der Waals surface area contributed by atoms with Crippen LogP contribution >= 0.6 is 11.5 Å². The maximum Gasteiger partial charge on any atom is 0.187 e. The largest absolute Gasteiger partial charge is 0.382 e. The van der Waals surface area contributed by atoms with Crippen molar-refractivity contribution in [3.05, 3.63) is 0 Å². The highest BCUT2D eigenvalue weighted by molar-refractivity contribution is 7.92. The number of hydrogen-bond donors (Lipinski definition) is 2. The number of anilines is 2. The third-order valence-electron chi connectivity index (χ3n) is 3.23. The molecule has 7 heteroatoms. The molecule has 1 aromatic heterocycles. The van der Waals surface area contributed by atoms with Crippen molar-refractivity contribution in [2.75, 3.05) is 17.6 Å². The average molecular weight is 289 g/mol. The predicted molar refractivity (Wildman–Crippen MR) is 74.7 cm³/mol. The molecule has 1 atom stereocenters. The molecule has 5 nitrogen and oxygen atoms in total. The van der Waals surface area contributed by atoms with Gasteiger partial charge in [0.05, 0.1) is 5.25 Å². The van der Waals surface area contributed by atoms with Crippen LogP contribution in [0.15, 0.2) is 4.90 Å². The second kappa shape index (κ2) is 5.05. The van der Waals surface area contributed by atoms with Crippen LogP contribution in [0.4, 0.5) is 10.8 Å². The molecule has 1 unspecified atom stereocenters. The summed E-state index contributed by atoms with van der Waals surface area (Å²) in [5, 5.41) is 3.52. The lowest BCUT2D eigenvalue weighted by Gasteiger charge is -2.11. The maximum atomic E-state index is 12.3. The van der Waals surface area contributed by atoms with Crippen LogP contribution in [0.25, 0.3) is 0 Å². The summed E-state index contributed by atoms with van der Waals surface area (Å²) in [5.74, 6) is 0.628. The molecule has 0 spiro atoms. The Hall–Kier alpha value is -0.820. The maximum absolute atomic E-state index is 12.3. The van der Waals surface area contributed by atoms with Crippen LogP contribution in [0.5, 0.6) is 0 Å².